The Balaban J connectivity index is 1.81. The van der Waals surface area contributed by atoms with Gasteiger partial charge in [0, 0.05) is 5.69 Å². The quantitative estimate of drug-likeness (QED) is 0.799. The molecule has 3 rings (SSSR count). The third-order valence-corrected chi connectivity index (χ3v) is 2.74. The molecule has 7 heteroatoms. The third-order valence-electron chi connectivity index (χ3n) is 2.74. The van der Waals surface area contributed by atoms with Gasteiger partial charge in [-0.15, -0.1) is 0 Å². The van der Waals surface area contributed by atoms with Crippen LogP contribution in [-0.2, 0) is 0 Å². The number of nitrogens with zero attached hydrogens (tertiary/aromatic N) is 4. The average molecular weight is 299 g/mol. The van der Waals surface area contributed by atoms with Gasteiger partial charge < -0.3 is 9.26 Å². The van der Waals surface area contributed by atoms with E-state index < -0.39 is 0 Å². The van der Waals surface area contributed by atoms with Crippen molar-refractivity contribution in [2.45, 2.75) is 33.3 Å². The fourth-order valence-electron chi connectivity index (χ4n) is 1.89. The first-order valence-electron chi connectivity index (χ1n) is 6.92. The number of hydrogen-bond donors (Lipinski definition) is 1. The van der Waals surface area contributed by atoms with Gasteiger partial charge in [-0.3, -0.25) is 5.10 Å². The molecule has 0 spiro atoms. The highest BCUT2D eigenvalue weighted by Crippen LogP contribution is 2.22. The molecule has 22 heavy (non-hydrogen) atoms. The maximum atomic E-state index is 5.73. The van der Waals surface area contributed by atoms with Gasteiger partial charge in [0.05, 0.1) is 6.20 Å². The number of nitrogens with one attached hydrogen (secondary N) is 1. The Morgan fingerprint density at radius 1 is 1.18 bits per heavy atom. The molecule has 3 heterocycles. The lowest BCUT2D eigenvalue weighted by molar-refractivity contribution is 0.130. The predicted octanol–water partition coefficient (Wildman–Crippen LogP) is 3.01. The summed E-state index contributed by atoms with van der Waals surface area (Å²) < 4.78 is 10.9. The molecule has 3 aromatic rings. The average Bonchev–Trinajstić information content (AvgIpc) is 3.06. The Hall–Kier alpha value is -2.70. The highest BCUT2D eigenvalue weighted by Gasteiger charge is 2.15. The molecule has 1 N–H and O–H groups in total. The molecule has 0 atom stereocenters. The molecule has 0 unspecified atom stereocenters. The molecule has 0 fully saturated rings. The van der Waals surface area contributed by atoms with Crippen LogP contribution in [0.1, 0.15) is 26.5 Å². The van der Waals surface area contributed by atoms with Crippen LogP contribution in [0.15, 0.2) is 28.9 Å². The summed E-state index contributed by atoms with van der Waals surface area (Å²) in [4.78, 5) is 8.61. The van der Waals surface area contributed by atoms with Crippen molar-refractivity contribution in [2.24, 2.45) is 0 Å². The van der Waals surface area contributed by atoms with E-state index in [0.717, 1.165) is 5.69 Å². The second-order valence-corrected chi connectivity index (χ2v) is 5.95. The van der Waals surface area contributed by atoms with Crippen LogP contribution < -0.4 is 4.74 Å². The molecule has 0 aromatic carbocycles. The Labute approximate surface area is 127 Å². The number of aryl methyl sites for hydroxylation is 1. The topological polar surface area (TPSA) is 89.7 Å². The Bertz CT molecular complexity index is 768. The summed E-state index contributed by atoms with van der Waals surface area (Å²) in [5.41, 5.74) is 1.89. The van der Waals surface area contributed by atoms with E-state index in [1.807, 2.05) is 39.8 Å². The van der Waals surface area contributed by atoms with Crippen molar-refractivity contribution in [1.29, 1.82) is 0 Å². The first-order valence-corrected chi connectivity index (χ1v) is 6.92. The molecular weight excluding hydrogens is 282 g/mol. The zero-order chi connectivity index (χ0) is 15.7. The first kappa shape index (κ1) is 14.2. The van der Waals surface area contributed by atoms with E-state index in [2.05, 4.69) is 25.3 Å². The van der Waals surface area contributed by atoms with Crippen LogP contribution in [-0.4, -0.2) is 30.9 Å². The summed E-state index contributed by atoms with van der Waals surface area (Å²) in [5.74, 6) is 1.47. The van der Waals surface area contributed by atoms with Gasteiger partial charge in [-0.25, -0.2) is 4.98 Å². The van der Waals surface area contributed by atoms with Gasteiger partial charge in [0.25, 0.3) is 5.89 Å². The van der Waals surface area contributed by atoms with Crippen LogP contribution in [0.4, 0.5) is 0 Å². The second-order valence-electron chi connectivity index (χ2n) is 5.95. The van der Waals surface area contributed by atoms with Crippen molar-refractivity contribution in [3.8, 4) is 28.9 Å². The van der Waals surface area contributed by atoms with E-state index in [1.54, 1.807) is 12.3 Å². The van der Waals surface area contributed by atoms with Crippen molar-refractivity contribution in [2.75, 3.05) is 0 Å². The second kappa shape index (κ2) is 5.25. The van der Waals surface area contributed by atoms with Crippen LogP contribution in [0.5, 0.6) is 5.75 Å². The lowest BCUT2D eigenvalue weighted by Crippen LogP contribution is -2.22. The summed E-state index contributed by atoms with van der Waals surface area (Å²) >= 11 is 0. The molecular formula is C15H17N5O2. The number of aromatic nitrogens is 5. The third kappa shape index (κ3) is 3.13. The fourth-order valence-corrected chi connectivity index (χ4v) is 1.89. The Morgan fingerprint density at radius 3 is 2.59 bits per heavy atom. The number of ether oxygens (including phenoxy) is 1. The van der Waals surface area contributed by atoms with Gasteiger partial charge in [0.2, 0.25) is 5.82 Å². The number of aromatic amines is 1. The van der Waals surface area contributed by atoms with Crippen molar-refractivity contribution in [3.63, 3.8) is 0 Å². The van der Waals surface area contributed by atoms with Crippen LogP contribution in [0.2, 0.25) is 0 Å². The normalized spacial score (nSPS) is 11.6. The smallest absolute Gasteiger partial charge is 0.278 e. The van der Waals surface area contributed by atoms with Gasteiger partial charge in [-0.2, -0.15) is 10.1 Å². The Morgan fingerprint density at radius 2 is 2.00 bits per heavy atom. The van der Waals surface area contributed by atoms with Crippen molar-refractivity contribution < 1.29 is 9.26 Å². The van der Waals surface area contributed by atoms with E-state index >= 15 is 0 Å². The molecule has 114 valence electrons. The first-order chi connectivity index (χ1) is 10.4. The predicted molar refractivity (Wildman–Crippen MR) is 80.2 cm³/mol. The molecule has 3 aromatic heterocycles. The van der Waals surface area contributed by atoms with Gasteiger partial charge in [-0.05, 0) is 45.9 Å². The summed E-state index contributed by atoms with van der Waals surface area (Å²) in [6.45, 7) is 7.86. The zero-order valence-electron chi connectivity index (χ0n) is 12.9. The molecule has 0 radical (unpaired) electrons. The minimum Gasteiger partial charge on any atom is -0.487 e. The standard InChI is InChI=1S/C15H17N5O2/c1-9-7-12(19-18-9)14-17-13(20-22-14)11-6-5-10(8-16-11)21-15(2,3)4/h5-8H,1-4H3,(H,18,19). The molecule has 0 aliphatic carbocycles. The van der Waals surface area contributed by atoms with Crippen LogP contribution in [0.25, 0.3) is 23.1 Å². The summed E-state index contributed by atoms with van der Waals surface area (Å²) in [6, 6.07) is 5.47. The molecule has 0 bridgehead atoms. The largest absolute Gasteiger partial charge is 0.487 e. The highest BCUT2D eigenvalue weighted by molar-refractivity contribution is 5.54. The molecule has 0 aliphatic rings. The van der Waals surface area contributed by atoms with Gasteiger partial charge in [0.15, 0.2) is 5.69 Å². The minimum atomic E-state index is -0.264. The fraction of sp³-hybridized carbons (Fsp3) is 0.333. The maximum Gasteiger partial charge on any atom is 0.278 e. The molecule has 7 nitrogen and oxygen atoms in total. The van der Waals surface area contributed by atoms with Gasteiger partial charge >= 0.3 is 0 Å². The molecule has 0 amide bonds. The summed E-state index contributed by atoms with van der Waals surface area (Å²) in [5, 5.41) is 10.9. The van der Waals surface area contributed by atoms with Crippen molar-refractivity contribution >= 4 is 0 Å². The SMILES string of the molecule is Cc1cc(-c2nc(-c3ccc(OC(C)(C)C)cn3)no2)n[nH]1. The van der Waals surface area contributed by atoms with Gasteiger partial charge in [0.1, 0.15) is 17.0 Å². The summed E-state index contributed by atoms with van der Waals surface area (Å²) in [6.07, 6.45) is 1.65. The zero-order valence-corrected chi connectivity index (χ0v) is 12.9. The maximum absolute atomic E-state index is 5.73. The van der Waals surface area contributed by atoms with E-state index in [9.17, 15) is 0 Å². The van der Waals surface area contributed by atoms with Crippen LogP contribution in [0.3, 0.4) is 0 Å². The van der Waals surface area contributed by atoms with Crippen LogP contribution >= 0.6 is 0 Å². The number of hydrogen-bond acceptors (Lipinski definition) is 6. The lowest BCUT2D eigenvalue weighted by atomic mass is 10.2. The van der Waals surface area contributed by atoms with Gasteiger partial charge in [-0.1, -0.05) is 5.16 Å². The number of pyridine rings is 1. The minimum absolute atomic E-state index is 0.264. The van der Waals surface area contributed by atoms with E-state index in [0.29, 0.717) is 28.9 Å². The molecule has 0 saturated carbocycles. The van der Waals surface area contributed by atoms with Crippen LogP contribution in [0, 0.1) is 6.92 Å². The van der Waals surface area contributed by atoms with Crippen molar-refractivity contribution in [1.82, 2.24) is 25.3 Å². The molecule has 0 aliphatic heterocycles. The summed E-state index contributed by atoms with van der Waals surface area (Å²) in [7, 11) is 0. The Kier molecular flexibility index (Phi) is 3.40. The number of rotatable bonds is 3. The van der Waals surface area contributed by atoms with E-state index in [1.165, 1.54) is 0 Å². The lowest BCUT2D eigenvalue weighted by Gasteiger charge is -2.20. The monoisotopic (exact) mass is 299 g/mol. The van der Waals surface area contributed by atoms with E-state index in [4.69, 9.17) is 9.26 Å². The molecule has 0 saturated heterocycles. The highest BCUT2D eigenvalue weighted by atomic mass is 16.5. The number of H-pyrrole nitrogens is 1. The van der Waals surface area contributed by atoms with E-state index in [-0.39, 0.29) is 5.60 Å². The van der Waals surface area contributed by atoms with Crippen molar-refractivity contribution in [3.05, 3.63) is 30.1 Å².